The van der Waals surface area contributed by atoms with Gasteiger partial charge in [0.25, 0.3) is 0 Å². The maximum Gasteiger partial charge on any atom is 0.313 e. The van der Waals surface area contributed by atoms with Crippen molar-refractivity contribution >= 4 is 5.97 Å². The minimum atomic E-state index is -0.375. The molecule has 2 fully saturated rings. The summed E-state index contributed by atoms with van der Waals surface area (Å²) in [5.41, 5.74) is 5.56. The highest BCUT2D eigenvalue weighted by Gasteiger charge is 2.40. The molecule has 0 spiro atoms. The third-order valence-electron chi connectivity index (χ3n) is 5.12. The molecule has 0 radical (unpaired) electrons. The molecular formula is C16H29NO2. The minimum absolute atomic E-state index is 0.00328. The first kappa shape index (κ1) is 14.8. The molecule has 2 N–H and O–H groups in total. The Kier molecular flexibility index (Phi) is 5.26. The van der Waals surface area contributed by atoms with Crippen LogP contribution in [0.25, 0.3) is 0 Å². The van der Waals surface area contributed by atoms with Gasteiger partial charge in [-0.1, -0.05) is 32.6 Å². The van der Waals surface area contributed by atoms with Gasteiger partial charge in [0.05, 0.1) is 5.41 Å². The zero-order valence-electron chi connectivity index (χ0n) is 12.3. The molecule has 0 aromatic heterocycles. The first-order chi connectivity index (χ1) is 9.16. The van der Waals surface area contributed by atoms with Gasteiger partial charge in [0, 0.05) is 6.54 Å². The predicted molar refractivity (Wildman–Crippen MR) is 76.7 cm³/mol. The Balaban J connectivity index is 1.92. The fourth-order valence-electron chi connectivity index (χ4n) is 3.52. The van der Waals surface area contributed by atoms with E-state index in [0.29, 0.717) is 6.54 Å². The van der Waals surface area contributed by atoms with Gasteiger partial charge in [-0.2, -0.15) is 0 Å². The zero-order valence-corrected chi connectivity index (χ0v) is 12.3. The Hall–Kier alpha value is -0.570. The molecule has 3 nitrogen and oxygen atoms in total. The second-order valence-corrected chi connectivity index (χ2v) is 6.69. The van der Waals surface area contributed by atoms with Gasteiger partial charge in [-0.3, -0.25) is 4.79 Å². The molecule has 0 aliphatic heterocycles. The van der Waals surface area contributed by atoms with Crippen molar-refractivity contribution in [2.24, 2.45) is 17.1 Å². The Labute approximate surface area is 117 Å². The van der Waals surface area contributed by atoms with Crippen LogP contribution in [-0.2, 0) is 9.53 Å². The number of nitrogens with two attached hydrogens (primary N) is 1. The summed E-state index contributed by atoms with van der Waals surface area (Å²) in [6, 6.07) is 0. The maximum absolute atomic E-state index is 12.6. The van der Waals surface area contributed by atoms with E-state index in [-0.39, 0.29) is 17.5 Å². The lowest BCUT2D eigenvalue weighted by atomic mass is 9.80. The van der Waals surface area contributed by atoms with Crippen LogP contribution < -0.4 is 5.73 Å². The lowest BCUT2D eigenvalue weighted by Crippen LogP contribution is -2.41. The Morgan fingerprint density at radius 1 is 1.11 bits per heavy atom. The zero-order chi connectivity index (χ0) is 13.7. The second kappa shape index (κ2) is 6.74. The van der Waals surface area contributed by atoms with E-state index in [1.165, 1.54) is 25.7 Å². The van der Waals surface area contributed by atoms with Gasteiger partial charge in [0.2, 0.25) is 0 Å². The largest absolute Gasteiger partial charge is 0.462 e. The van der Waals surface area contributed by atoms with Crippen LogP contribution in [0.4, 0.5) is 0 Å². The molecule has 2 aliphatic carbocycles. The van der Waals surface area contributed by atoms with Gasteiger partial charge in [-0.25, -0.2) is 0 Å². The fourth-order valence-corrected chi connectivity index (χ4v) is 3.52. The number of hydrogen-bond donors (Lipinski definition) is 1. The minimum Gasteiger partial charge on any atom is -0.462 e. The van der Waals surface area contributed by atoms with Crippen molar-refractivity contribution in [3.63, 3.8) is 0 Å². The molecule has 0 bridgehead atoms. The molecule has 0 aromatic carbocycles. The van der Waals surface area contributed by atoms with Gasteiger partial charge in [0.1, 0.15) is 6.10 Å². The monoisotopic (exact) mass is 267 g/mol. The van der Waals surface area contributed by atoms with E-state index in [2.05, 4.69) is 6.92 Å². The topological polar surface area (TPSA) is 52.3 Å². The van der Waals surface area contributed by atoms with E-state index in [4.69, 9.17) is 10.5 Å². The highest BCUT2D eigenvalue weighted by molar-refractivity contribution is 5.77. The number of ether oxygens (including phenoxy) is 1. The molecule has 2 rings (SSSR count). The van der Waals surface area contributed by atoms with Gasteiger partial charge in [-0.05, 0) is 44.4 Å². The number of rotatable bonds is 3. The van der Waals surface area contributed by atoms with Crippen molar-refractivity contribution in [1.82, 2.24) is 0 Å². The molecule has 2 aliphatic rings. The van der Waals surface area contributed by atoms with Crippen LogP contribution in [-0.4, -0.2) is 18.6 Å². The summed E-state index contributed by atoms with van der Waals surface area (Å²) in [6.07, 6.45) is 11.1. The second-order valence-electron chi connectivity index (χ2n) is 6.69. The standard InChI is InChI=1S/C16H29NO2/c1-13-6-8-14(9-7-13)19-15(18)16(12-17)10-4-2-3-5-11-16/h13-14H,2-12,17H2,1H3. The molecule has 0 unspecified atom stereocenters. The van der Waals surface area contributed by atoms with Crippen molar-refractivity contribution in [2.45, 2.75) is 77.2 Å². The average Bonchev–Trinajstić information content (AvgIpc) is 2.67. The number of hydrogen-bond acceptors (Lipinski definition) is 3. The summed E-state index contributed by atoms with van der Waals surface area (Å²) >= 11 is 0. The van der Waals surface area contributed by atoms with Gasteiger partial charge >= 0.3 is 5.97 Å². The van der Waals surface area contributed by atoms with Gasteiger partial charge < -0.3 is 10.5 Å². The first-order valence-electron chi connectivity index (χ1n) is 8.07. The molecule has 110 valence electrons. The van der Waals surface area contributed by atoms with Crippen LogP contribution in [0.5, 0.6) is 0 Å². The third-order valence-corrected chi connectivity index (χ3v) is 5.12. The van der Waals surface area contributed by atoms with Crippen molar-refractivity contribution in [1.29, 1.82) is 0 Å². The number of esters is 1. The van der Waals surface area contributed by atoms with Gasteiger partial charge in [0.15, 0.2) is 0 Å². The molecule has 19 heavy (non-hydrogen) atoms. The SMILES string of the molecule is CC1CCC(OC(=O)C2(CN)CCCCCC2)CC1. The van der Waals surface area contributed by atoms with Crippen LogP contribution >= 0.6 is 0 Å². The lowest BCUT2D eigenvalue weighted by molar-refractivity contribution is -0.164. The van der Waals surface area contributed by atoms with Crippen LogP contribution in [0.3, 0.4) is 0 Å². The quantitative estimate of drug-likeness (QED) is 0.630. The Morgan fingerprint density at radius 3 is 2.21 bits per heavy atom. The molecule has 0 saturated heterocycles. The number of carbonyl (C=O) groups is 1. The van der Waals surface area contributed by atoms with E-state index in [9.17, 15) is 4.79 Å². The van der Waals surface area contributed by atoms with E-state index in [0.717, 1.165) is 44.4 Å². The molecule has 0 aromatic rings. The highest BCUT2D eigenvalue weighted by atomic mass is 16.5. The van der Waals surface area contributed by atoms with Crippen LogP contribution in [0.15, 0.2) is 0 Å². The van der Waals surface area contributed by atoms with Gasteiger partial charge in [-0.15, -0.1) is 0 Å². The van der Waals surface area contributed by atoms with E-state index in [1.54, 1.807) is 0 Å². The van der Waals surface area contributed by atoms with Crippen molar-refractivity contribution in [2.75, 3.05) is 6.54 Å². The van der Waals surface area contributed by atoms with Crippen LogP contribution in [0.2, 0.25) is 0 Å². The summed E-state index contributed by atoms with van der Waals surface area (Å²) in [4.78, 5) is 12.6. The molecule has 2 saturated carbocycles. The molecular weight excluding hydrogens is 238 g/mol. The molecule has 3 heteroatoms. The molecule has 0 heterocycles. The summed E-state index contributed by atoms with van der Waals surface area (Å²) in [5.74, 6) is 0.785. The summed E-state index contributed by atoms with van der Waals surface area (Å²) < 4.78 is 5.81. The smallest absolute Gasteiger partial charge is 0.313 e. The lowest BCUT2D eigenvalue weighted by Gasteiger charge is -2.33. The third kappa shape index (κ3) is 3.71. The number of carbonyl (C=O) groups excluding carboxylic acids is 1. The Morgan fingerprint density at radius 2 is 1.68 bits per heavy atom. The normalized spacial score (nSPS) is 31.5. The predicted octanol–water partition coefficient (Wildman–Crippen LogP) is 3.41. The molecule has 0 amide bonds. The van der Waals surface area contributed by atoms with Crippen LogP contribution in [0, 0.1) is 11.3 Å². The summed E-state index contributed by atoms with van der Waals surface area (Å²) in [6.45, 7) is 2.74. The van der Waals surface area contributed by atoms with Crippen LogP contribution in [0.1, 0.15) is 71.1 Å². The fraction of sp³-hybridized carbons (Fsp3) is 0.938. The Bertz CT molecular complexity index is 287. The first-order valence-corrected chi connectivity index (χ1v) is 8.07. The van der Waals surface area contributed by atoms with E-state index >= 15 is 0 Å². The average molecular weight is 267 g/mol. The van der Waals surface area contributed by atoms with E-state index in [1.807, 2.05) is 0 Å². The van der Waals surface area contributed by atoms with Crippen molar-refractivity contribution in [3.05, 3.63) is 0 Å². The van der Waals surface area contributed by atoms with Crippen molar-refractivity contribution in [3.8, 4) is 0 Å². The highest BCUT2D eigenvalue weighted by Crippen LogP contribution is 2.37. The van der Waals surface area contributed by atoms with E-state index < -0.39 is 0 Å². The van der Waals surface area contributed by atoms with Crippen molar-refractivity contribution < 1.29 is 9.53 Å². The maximum atomic E-state index is 12.6. The molecule has 0 atom stereocenters. The summed E-state index contributed by atoms with van der Waals surface area (Å²) in [5, 5.41) is 0. The summed E-state index contributed by atoms with van der Waals surface area (Å²) in [7, 11) is 0.